The van der Waals surface area contributed by atoms with E-state index in [1.807, 2.05) is 189 Å². The standard InChI is InChI=1S/C22H19N3.C22H17N3.C20H14F3N3.C20H12F3N3.C20H14FN3.C20H15N3/c1-15-13-25-14-19(9-10-21(25)24-15)20-6-3-11-23-22(20)18-5-2-4-17(12-18)16-7-8-16;1-4-16(15-8-9-15)14-17(5-1)22-18(6-2-13-24-22)19-10-11-20-21(25-19)7-3-12-23-20;1-13-11-26-12-15(7-8-18(26)25-13)17-6-3-9-24-19(17)14-4-2-5-16(10-14)20(21,22)23;21-20(22,23)14-5-1-4-13(12-14)19-15(6-2-11-25-19)16-8-9-17-18(26-16)7-3-10-24-17;1-13-12-14(6-7-16(13)21)20-15(4-2-11-23-20)17-8-9-18-19(24-17)5-3-10-22-18;1-14-5-2-6-15(13-14)20-16(7-3-12-22-20)17-9-10-18-19(23-17)8-4-11-21-18/h2-6,9-14,16H,7-8H2,1H3;1-7,10-15H,8-9H2;2-12H,1H3;1-12H;2-12H,1H3;2-13H,1H3. The smallest absolute Gasteiger partial charge is 0.306 e. The van der Waals surface area contributed by atoms with Crippen LogP contribution in [0.25, 0.3) is 190 Å². The van der Waals surface area contributed by atoms with Crippen molar-refractivity contribution >= 4 is 55.4 Å². The van der Waals surface area contributed by atoms with Crippen LogP contribution in [0.15, 0.2) is 420 Å². The molecule has 6 aromatic carbocycles. The summed E-state index contributed by atoms with van der Waals surface area (Å²) < 4.78 is 95.8. The van der Waals surface area contributed by atoms with E-state index in [9.17, 15) is 30.7 Å². The summed E-state index contributed by atoms with van der Waals surface area (Å²) >= 11 is 0. The maximum atomic E-state index is 13.6. The Kier molecular flexibility index (Phi) is 27.7. The molecule has 0 aliphatic heterocycles. The number of aromatic nitrogens is 18. The van der Waals surface area contributed by atoms with Crippen LogP contribution in [0.4, 0.5) is 30.7 Å². The first-order valence-corrected chi connectivity index (χ1v) is 48.5. The maximum absolute atomic E-state index is 13.6. The molecule has 2 aliphatic rings. The lowest BCUT2D eigenvalue weighted by molar-refractivity contribution is -0.138. The highest BCUT2D eigenvalue weighted by atomic mass is 19.4. The molecule has 0 radical (unpaired) electrons. The minimum atomic E-state index is -4.40. The van der Waals surface area contributed by atoms with Gasteiger partial charge >= 0.3 is 12.4 Å². The van der Waals surface area contributed by atoms with Crippen molar-refractivity contribution in [3.05, 3.63) is 471 Å². The molecule has 2 saturated carbocycles. The van der Waals surface area contributed by atoms with E-state index in [1.165, 1.54) is 66.1 Å². The lowest BCUT2D eigenvalue weighted by Gasteiger charge is -2.12. The van der Waals surface area contributed by atoms with Gasteiger partial charge in [0, 0.05) is 165 Å². The van der Waals surface area contributed by atoms with Gasteiger partial charge in [-0.1, -0.05) is 96.6 Å². The summed E-state index contributed by atoms with van der Waals surface area (Å²) in [6, 6.07) is 103. The summed E-state index contributed by atoms with van der Waals surface area (Å²) in [4.78, 5) is 72.1. The van der Waals surface area contributed by atoms with Crippen molar-refractivity contribution in [1.82, 2.24) is 88.5 Å². The average molecular weight is 1970 g/mol. The Morgan fingerprint density at radius 1 is 0.235 bits per heavy atom. The van der Waals surface area contributed by atoms with Crippen molar-refractivity contribution in [2.45, 2.75) is 77.6 Å². The first-order valence-electron chi connectivity index (χ1n) is 48.5. The molecule has 24 aromatic rings. The molecular weight excluding hydrogens is 1870 g/mol. The molecule has 0 atom stereocenters. The predicted octanol–water partition coefficient (Wildman–Crippen LogP) is 30.7. The number of aryl methyl sites for hydroxylation is 4. The van der Waals surface area contributed by atoms with E-state index >= 15 is 0 Å². The van der Waals surface area contributed by atoms with Gasteiger partial charge in [0.05, 0.1) is 124 Å². The van der Waals surface area contributed by atoms with Crippen molar-refractivity contribution in [2.24, 2.45) is 0 Å². The lowest BCUT2D eigenvalue weighted by Crippen LogP contribution is -2.04. The fourth-order valence-electron chi connectivity index (χ4n) is 18.1. The van der Waals surface area contributed by atoms with Crippen LogP contribution in [-0.4, -0.2) is 88.5 Å². The monoisotopic (exact) mass is 1960 g/mol. The molecule has 18 nitrogen and oxygen atoms in total. The zero-order valence-electron chi connectivity index (χ0n) is 81.0. The Balaban J connectivity index is 0.000000105. The summed E-state index contributed by atoms with van der Waals surface area (Å²) in [6.45, 7) is 7.77. The van der Waals surface area contributed by atoms with Crippen molar-refractivity contribution in [3.63, 3.8) is 0 Å². The predicted molar refractivity (Wildman–Crippen MR) is 573 cm³/mol. The molecule has 149 heavy (non-hydrogen) atoms. The number of alkyl halides is 6. The van der Waals surface area contributed by atoms with E-state index in [0.717, 1.165) is 193 Å². The molecule has 2 fully saturated rings. The van der Waals surface area contributed by atoms with Gasteiger partial charge in [-0.15, -0.1) is 0 Å². The second-order valence-corrected chi connectivity index (χ2v) is 36.3. The Bertz CT molecular complexity index is 9050. The fourth-order valence-corrected chi connectivity index (χ4v) is 18.1. The van der Waals surface area contributed by atoms with Crippen LogP contribution in [-0.2, 0) is 12.4 Å². The van der Waals surface area contributed by atoms with E-state index in [1.54, 1.807) is 98.8 Å². The molecule has 0 N–H and O–H groups in total. The summed E-state index contributed by atoms with van der Waals surface area (Å²) in [7, 11) is 0. The van der Waals surface area contributed by atoms with E-state index in [4.69, 9.17) is 19.9 Å². The number of benzene rings is 6. The molecule has 26 rings (SSSR count). The highest BCUT2D eigenvalue weighted by Crippen LogP contribution is 2.46. The number of hydrogen-bond donors (Lipinski definition) is 0. The normalized spacial score (nSPS) is 12.2. The number of nitrogens with zero attached hydrogens (tertiary/aromatic N) is 18. The van der Waals surface area contributed by atoms with Crippen LogP contribution in [0.1, 0.15) is 82.3 Å². The maximum Gasteiger partial charge on any atom is 0.416 e. The highest BCUT2D eigenvalue weighted by Gasteiger charge is 2.33. The third-order valence-corrected chi connectivity index (χ3v) is 25.6. The SMILES string of the molecule is Cc1cc(-c2ncccc2-c2ccc3ncccc3n2)ccc1F.Cc1cccc(-c2ncccc2-c2ccc3ncccc3n2)c1.Cc1cn2cc(-c3cccnc3-c3cccc(C(F)(F)F)c3)ccc2n1.Cc1cn2cc(-c3cccnc3-c3cccc(C4CC4)c3)ccc2n1.FC(F)(F)c1cccc(-c2ncccc2-c2ccc3ncccc3n2)c1.c1cc(-c2ncccc2-c2ccc3ncccc3n2)cc(C2CC2)c1. The number of imidazole rings is 2. The molecule has 0 bridgehead atoms. The Morgan fingerprint density at radius 3 is 0.852 bits per heavy atom. The summed E-state index contributed by atoms with van der Waals surface area (Å²) in [6.07, 6.45) is 21.9. The lowest BCUT2D eigenvalue weighted by atomic mass is 9.98. The minimum Gasteiger partial charge on any atom is -0.306 e. The Labute approximate surface area is 852 Å². The molecular formula is C124H91F7N18. The van der Waals surface area contributed by atoms with Gasteiger partial charge < -0.3 is 8.80 Å². The number of hydrogen-bond acceptors (Lipinski definition) is 16. The molecule has 0 saturated heterocycles. The molecule has 726 valence electrons. The minimum absolute atomic E-state index is 0.217. The van der Waals surface area contributed by atoms with E-state index in [0.29, 0.717) is 44.9 Å². The van der Waals surface area contributed by atoms with Crippen LogP contribution in [0.3, 0.4) is 0 Å². The zero-order valence-corrected chi connectivity index (χ0v) is 81.0. The van der Waals surface area contributed by atoms with Gasteiger partial charge in [0.1, 0.15) is 17.1 Å². The number of rotatable bonds is 14. The number of halogens is 7. The summed E-state index contributed by atoms with van der Waals surface area (Å²) in [5.41, 5.74) is 34.5. The Morgan fingerprint density at radius 2 is 0.523 bits per heavy atom. The van der Waals surface area contributed by atoms with Crippen molar-refractivity contribution in [1.29, 1.82) is 0 Å². The number of fused-ring (bicyclic) bond motifs is 6. The van der Waals surface area contributed by atoms with E-state index < -0.39 is 23.5 Å². The largest absolute Gasteiger partial charge is 0.416 e. The van der Waals surface area contributed by atoms with Crippen molar-refractivity contribution < 1.29 is 30.7 Å². The van der Waals surface area contributed by atoms with Gasteiger partial charge in [-0.3, -0.25) is 49.8 Å². The first kappa shape index (κ1) is 96.5. The second kappa shape index (κ2) is 42.7. The summed E-state index contributed by atoms with van der Waals surface area (Å²) in [5, 5.41) is 0. The van der Waals surface area contributed by atoms with Crippen molar-refractivity contribution in [3.8, 4) is 135 Å². The van der Waals surface area contributed by atoms with Gasteiger partial charge in [0.15, 0.2) is 0 Å². The van der Waals surface area contributed by atoms with Crippen LogP contribution in [0.5, 0.6) is 0 Å². The molecule has 0 spiro atoms. The second-order valence-electron chi connectivity index (χ2n) is 36.3. The Hall–Kier alpha value is -18.7. The quantitative estimate of drug-likeness (QED) is 0.0925. The van der Waals surface area contributed by atoms with Gasteiger partial charge in [0.2, 0.25) is 0 Å². The van der Waals surface area contributed by atoms with E-state index in [-0.39, 0.29) is 5.82 Å². The molecule has 25 heteroatoms. The summed E-state index contributed by atoms with van der Waals surface area (Å²) in [5.74, 6) is 1.26. The third kappa shape index (κ3) is 22.4. The van der Waals surface area contributed by atoms with Gasteiger partial charge in [-0.25, -0.2) is 34.3 Å². The molecule has 18 heterocycles. The van der Waals surface area contributed by atoms with Gasteiger partial charge in [-0.05, 0) is 325 Å². The van der Waals surface area contributed by atoms with Crippen LogP contribution >= 0.6 is 0 Å². The zero-order chi connectivity index (χ0) is 102. The molecule has 18 aromatic heterocycles. The average Bonchev–Trinajstić information content (AvgIpc) is 1.79. The third-order valence-electron chi connectivity index (χ3n) is 25.6. The first-order chi connectivity index (χ1) is 72.6. The van der Waals surface area contributed by atoms with E-state index in [2.05, 4.69) is 187 Å². The van der Waals surface area contributed by atoms with Crippen LogP contribution in [0.2, 0.25) is 0 Å². The van der Waals surface area contributed by atoms with Gasteiger partial charge in [-0.2, -0.15) is 26.3 Å². The van der Waals surface area contributed by atoms with Crippen LogP contribution in [0, 0.1) is 33.5 Å². The number of pyridine rings is 16. The molecule has 0 unspecified atom stereocenters. The van der Waals surface area contributed by atoms with Crippen molar-refractivity contribution in [2.75, 3.05) is 0 Å². The topological polar surface area (TPSA) is 215 Å². The fraction of sp³-hybridized carbons (Fsp3) is 0.0968. The van der Waals surface area contributed by atoms with Crippen LogP contribution < -0.4 is 0 Å². The molecule has 0 amide bonds. The molecule has 2 aliphatic carbocycles. The highest BCUT2D eigenvalue weighted by molar-refractivity contribution is 5.90. The van der Waals surface area contributed by atoms with Gasteiger partial charge in [0.25, 0.3) is 0 Å².